The maximum Gasteiger partial charge on any atom is 0.573 e. The molecule has 112 valence electrons. The molecule has 21 heavy (non-hydrogen) atoms. The second kappa shape index (κ2) is 5.64. The SMILES string of the molecule is O=S(=O)(c1ccc(OC(F)(F)F)cc1)c1ccc(Br)cn1. The molecular weight excluding hydrogens is 375 g/mol. The molecule has 0 fully saturated rings. The van der Waals surface area contributed by atoms with Gasteiger partial charge in [0.15, 0.2) is 5.03 Å². The highest BCUT2D eigenvalue weighted by Gasteiger charge is 2.31. The molecule has 1 aromatic carbocycles. The minimum Gasteiger partial charge on any atom is -0.406 e. The highest BCUT2D eigenvalue weighted by Crippen LogP contribution is 2.26. The van der Waals surface area contributed by atoms with Crippen LogP contribution in [0.3, 0.4) is 0 Å². The van der Waals surface area contributed by atoms with Crippen LogP contribution in [0.5, 0.6) is 5.75 Å². The van der Waals surface area contributed by atoms with E-state index in [1.807, 2.05) is 0 Å². The number of hydrogen-bond acceptors (Lipinski definition) is 4. The molecule has 0 spiro atoms. The fourth-order valence-corrected chi connectivity index (χ4v) is 2.87. The Kier molecular flexibility index (Phi) is 4.24. The van der Waals surface area contributed by atoms with Crippen LogP contribution < -0.4 is 4.74 Å². The first-order valence-corrected chi connectivity index (χ1v) is 7.68. The zero-order valence-electron chi connectivity index (χ0n) is 10.1. The van der Waals surface area contributed by atoms with E-state index >= 15 is 0 Å². The molecule has 2 aromatic rings. The number of hydrogen-bond donors (Lipinski definition) is 0. The second-order valence-corrected chi connectivity index (χ2v) is 6.65. The molecule has 1 heterocycles. The van der Waals surface area contributed by atoms with Gasteiger partial charge in [0.25, 0.3) is 0 Å². The number of halogens is 4. The number of rotatable bonds is 3. The summed E-state index contributed by atoms with van der Waals surface area (Å²) in [5.74, 6) is -0.495. The van der Waals surface area contributed by atoms with Gasteiger partial charge in [0.2, 0.25) is 9.84 Å². The summed E-state index contributed by atoms with van der Waals surface area (Å²) < 4.78 is 64.8. The highest BCUT2D eigenvalue weighted by molar-refractivity contribution is 9.10. The van der Waals surface area contributed by atoms with Gasteiger partial charge in [-0.1, -0.05) is 0 Å². The number of alkyl halides is 3. The molecule has 1 aromatic heterocycles. The van der Waals surface area contributed by atoms with E-state index in [1.54, 1.807) is 0 Å². The monoisotopic (exact) mass is 381 g/mol. The highest BCUT2D eigenvalue weighted by atomic mass is 79.9. The van der Waals surface area contributed by atoms with Crippen LogP contribution in [-0.2, 0) is 9.84 Å². The van der Waals surface area contributed by atoms with E-state index in [0.717, 1.165) is 24.3 Å². The largest absolute Gasteiger partial charge is 0.573 e. The van der Waals surface area contributed by atoms with Crippen LogP contribution in [0.15, 0.2) is 57.0 Å². The Balaban J connectivity index is 2.31. The minimum absolute atomic E-state index is 0.174. The lowest BCUT2D eigenvalue weighted by Crippen LogP contribution is -2.17. The van der Waals surface area contributed by atoms with Gasteiger partial charge >= 0.3 is 6.36 Å². The average Bonchev–Trinajstić information content (AvgIpc) is 2.38. The molecule has 0 saturated heterocycles. The molecule has 0 N–H and O–H groups in total. The van der Waals surface area contributed by atoms with E-state index in [0.29, 0.717) is 4.47 Å². The molecule has 0 aliphatic carbocycles. The van der Waals surface area contributed by atoms with E-state index in [9.17, 15) is 21.6 Å². The van der Waals surface area contributed by atoms with Crippen molar-refractivity contribution in [2.45, 2.75) is 16.3 Å². The zero-order valence-corrected chi connectivity index (χ0v) is 12.5. The van der Waals surface area contributed by atoms with Crippen molar-refractivity contribution in [2.24, 2.45) is 0 Å². The smallest absolute Gasteiger partial charge is 0.406 e. The third kappa shape index (κ3) is 3.94. The predicted octanol–water partition coefficient (Wildman–Crippen LogP) is 3.58. The number of benzene rings is 1. The van der Waals surface area contributed by atoms with E-state index in [2.05, 4.69) is 25.7 Å². The van der Waals surface area contributed by atoms with Crippen LogP contribution in [0.4, 0.5) is 13.2 Å². The van der Waals surface area contributed by atoms with E-state index in [4.69, 9.17) is 0 Å². The van der Waals surface area contributed by atoms with Crippen molar-refractivity contribution in [3.63, 3.8) is 0 Å². The zero-order chi connectivity index (χ0) is 15.7. The lowest BCUT2D eigenvalue weighted by molar-refractivity contribution is -0.274. The minimum atomic E-state index is -4.83. The van der Waals surface area contributed by atoms with Gasteiger partial charge in [0, 0.05) is 10.7 Å². The number of pyridine rings is 1. The van der Waals surface area contributed by atoms with Crippen molar-refractivity contribution >= 4 is 25.8 Å². The van der Waals surface area contributed by atoms with Crippen molar-refractivity contribution in [3.05, 3.63) is 47.1 Å². The van der Waals surface area contributed by atoms with Crippen molar-refractivity contribution < 1.29 is 26.3 Å². The van der Waals surface area contributed by atoms with Gasteiger partial charge < -0.3 is 4.74 Å². The maximum atomic E-state index is 12.2. The third-order valence-corrected chi connectivity index (χ3v) is 4.50. The predicted molar refractivity (Wildman–Crippen MR) is 70.5 cm³/mol. The first-order chi connectivity index (χ1) is 9.68. The number of ether oxygens (including phenoxy) is 1. The molecule has 9 heteroatoms. The average molecular weight is 382 g/mol. The van der Waals surface area contributed by atoms with Crippen LogP contribution in [0.2, 0.25) is 0 Å². The molecule has 0 aliphatic rings. The standard InChI is InChI=1S/C12H7BrF3NO3S/c13-8-1-6-11(17-7-8)21(18,19)10-4-2-9(3-5-10)20-12(14,15)16/h1-7H. The van der Waals surface area contributed by atoms with Gasteiger partial charge in [0.05, 0.1) is 4.90 Å². The van der Waals surface area contributed by atoms with Gasteiger partial charge in [-0.25, -0.2) is 13.4 Å². The molecule has 0 unspecified atom stereocenters. The van der Waals surface area contributed by atoms with Gasteiger partial charge in [0.1, 0.15) is 5.75 Å². The summed E-state index contributed by atoms with van der Waals surface area (Å²) in [6, 6.07) is 6.71. The molecular formula is C12H7BrF3NO3S. The quantitative estimate of drug-likeness (QED) is 0.815. The first kappa shape index (κ1) is 15.8. The summed E-state index contributed by atoms with van der Waals surface area (Å²) >= 11 is 3.13. The molecule has 0 amide bonds. The lowest BCUT2D eigenvalue weighted by atomic mass is 10.3. The van der Waals surface area contributed by atoms with Gasteiger partial charge in [-0.3, -0.25) is 0 Å². The Morgan fingerprint density at radius 2 is 1.67 bits per heavy atom. The van der Waals surface area contributed by atoms with Crippen molar-refractivity contribution in [1.29, 1.82) is 0 Å². The fraction of sp³-hybridized carbons (Fsp3) is 0.0833. The topological polar surface area (TPSA) is 56.3 Å². The Morgan fingerprint density at radius 3 is 2.14 bits per heavy atom. The first-order valence-electron chi connectivity index (χ1n) is 5.41. The molecule has 0 bridgehead atoms. The number of sulfone groups is 1. The molecule has 2 rings (SSSR count). The Labute approximate surface area is 126 Å². The van der Waals surface area contributed by atoms with E-state index < -0.39 is 21.9 Å². The molecule has 4 nitrogen and oxygen atoms in total. The summed E-state index contributed by atoms with van der Waals surface area (Å²) in [4.78, 5) is 3.59. The van der Waals surface area contributed by atoms with Crippen molar-refractivity contribution in [3.8, 4) is 5.75 Å². The molecule has 0 aliphatic heterocycles. The summed E-state index contributed by atoms with van der Waals surface area (Å²) in [6.45, 7) is 0. The fourth-order valence-electron chi connectivity index (χ4n) is 1.46. The Hall–Kier alpha value is -1.61. The summed E-state index contributed by atoms with van der Waals surface area (Å²) in [5.41, 5.74) is 0. The van der Waals surface area contributed by atoms with Crippen molar-refractivity contribution in [1.82, 2.24) is 4.98 Å². The van der Waals surface area contributed by atoms with Crippen LogP contribution in [0.1, 0.15) is 0 Å². The van der Waals surface area contributed by atoms with E-state index in [-0.39, 0.29) is 9.92 Å². The molecule has 0 atom stereocenters. The third-order valence-electron chi connectivity index (χ3n) is 2.34. The van der Waals surface area contributed by atoms with Crippen molar-refractivity contribution in [2.75, 3.05) is 0 Å². The molecule has 0 radical (unpaired) electrons. The van der Waals surface area contributed by atoms with E-state index in [1.165, 1.54) is 18.3 Å². The van der Waals surface area contributed by atoms with Crippen LogP contribution >= 0.6 is 15.9 Å². The number of aromatic nitrogens is 1. The lowest BCUT2D eigenvalue weighted by Gasteiger charge is -2.09. The number of nitrogens with zero attached hydrogens (tertiary/aromatic N) is 1. The van der Waals surface area contributed by atoms with Crippen LogP contribution in [-0.4, -0.2) is 19.8 Å². The summed E-state index contributed by atoms with van der Waals surface area (Å²) in [5, 5.41) is -0.199. The van der Waals surface area contributed by atoms with Crippen LogP contribution in [0, 0.1) is 0 Å². The maximum absolute atomic E-state index is 12.2. The Morgan fingerprint density at radius 1 is 1.05 bits per heavy atom. The van der Waals surface area contributed by atoms with Gasteiger partial charge in [-0.15, -0.1) is 13.2 Å². The van der Waals surface area contributed by atoms with Gasteiger partial charge in [-0.05, 0) is 52.3 Å². The normalized spacial score (nSPS) is 12.2. The Bertz CT molecular complexity index is 728. The molecule has 0 saturated carbocycles. The summed E-state index contributed by atoms with van der Waals surface area (Å²) in [6.07, 6.45) is -3.51. The van der Waals surface area contributed by atoms with Gasteiger partial charge in [-0.2, -0.15) is 0 Å². The second-order valence-electron chi connectivity index (χ2n) is 3.84. The summed E-state index contributed by atoms with van der Waals surface area (Å²) in [7, 11) is -3.88. The van der Waals surface area contributed by atoms with Crippen LogP contribution in [0.25, 0.3) is 0 Å².